The van der Waals surface area contributed by atoms with Crippen LogP contribution in [0.15, 0.2) is 66.7 Å². The Bertz CT molecular complexity index is 891. The number of nitrogens with two attached hydrogens (primary N) is 1. The molecule has 0 radical (unpaired) electrons. The third-order valence-electron chi connectivity index (χ3n) is 3.51. The maximum Gasteiger partial charge on any atom is 0.230 e. The maximum atomic E-state index is 11.7. The number of ether oxygens (including phenoxy) is 1. The van der Waals surface area contributed by atoms with E-state index in [0.29, 0.717) is 11.5 Å². The Morgan fingerprint density at radius 1 is 0.917 bits per heavy atom. The fourth-order valence-corrected chi connectivity index (χ4v) is 3.40. The summed E-state index contributed by atoms with van der Waals surface area (Å²) in [6.07, 6.45) is 0. The van der Waals surface area contributed by atoms with Crippen molar-refractivity contribution in [2.45, 2.75) is 5.75 Å². The Morgan fingerprint density at radius 2 is 1.58 bits per heavy atom. The lowest BCUT2D eigenvalue weighted by atomic mass is 10.1. The largest absolute Gasteiger partial charge is 0.457 e. The number of carbonyl (C=O) groups is 1. The molecule has 0 saturated heterocycles. The highest BCUT2D eigenvalue weighted by Gasteiger charge is 2.06. The Morgan fingerprint density at radius 3 is 2.29 bits per heavy atom. The van der Waals surface area contributed by atoms with Gasteiger partial charge in [-0.3, -0.25) is 9.00 Å². The number of hydrogen-bond acceptors (Lipinski definition) is 3. The molecule has 0 bridgehead atoms. The van der Waals surface area contributed by atoms with E-state index in [1.54, 1.807) is 0 Å². The molecule has 0 heterocycles. The SMILES string of the molecule is NC(=O)C[S@@](=O)Cc1ccc(Oc2ccc3ccccc3c2)cc1. The van der Waals surface area contributed by atoms with Gasteiger partial charge in [0.15, 0.2) is 0 Å². The molecule has 1 atom stereocenters. The summed E-state index contributed by atoms with van der Waals surface area (Å²) in [5.74, 6) is 1.10. The smallest absolute Gasteiger partial charge is 0.230 e. The van der Waals surface area contributed by atoms with Gasteiger partial charge in [-0.05, 0) is 40.6 Å². The van der Waals surface area contributed by atoms with Gasteiger partial charge in [-0.25, -0.2) is 0 Å². The molecular weight excluding hydrogens is 322 g/mol. The molecule has 0 aliphatic carbocycles. The van der Waals surface area contributed by atoms with Crippen LogP contribution in [0.25, 0.3) is 10.8 Å². The highest BCUT2D eigenvalue weighted by Crippen LogP contribution is 2.26. The van der Waals surface area contributed by atoms with E-state index in [9.17, 15) is 9.00 Å². The standard InChI is InChI=1S/C19H17NO3S/c20-19(21)13-24(22)12-14-5-8-17(9-6-14)23-18-10-7-15-3-1-2-4-16(15)11-18/h1-11H,12-13H2,(H2,20,21)/t24-/m0/s1. The van der Waals surface area contributed by atoms with Crippen LogP contribution in [-0.4, -0.2) is 15.9 Å². The van der Waals surface area contributed by atoms with E-state index in [4.69, 9.17) is 10.5 Å². The monoisotopic (exact) mass is 339 g/mol. The van der Waals surface area contributed by atoms with Gasteiger partial charge < -0.3 is 10.5 Å². The molecule has 0 fully saturated rings. The molecule has 0 saturated carbocycles. The Labute approximate surface area is 142 Å². The quantitative estimate of drug-likeness (QED) is 0.748. The predicted octanol–water partition coefficient (Wildman–Crippen LogP) is 3.37. The van der Waals surface area contributed by atoms with Gasteiger partial charge in [0, 0.05) is 16.6 Å². The second kappa shape index (κ2) is 7.27. The summed E-state index contributed by atoms with van der Waals surface area (Å²) in [6.45, 7) is 0. The summed E-state index contributed by atoms with van der Waals surface area (Å²) < 4.78 is 17.6. The zero-order chi connectivity index (χ0) is 16.9. The first-order valence-electron chi connectivity index (χ1n) is 7.49. The minimum absolute atomic E-state index is 0.116. The van der Waals surface area contributed by atoms with Crippen LogP contribution in [0.2, 0.25) is 0 Å². The molecule has 3 aromatic rings. The van der Waals surface area contributed by atoms with Crippen LogP contribution in [0.3, 0.4) is 0 Å². The summed E-state index contributed by atoms with van der Waals surface area (Å²) in [4.78, 5) is 10.8. The van der Waals surface area contributed by atoms with Crippen molar-refractivity contribution in [1.29, 1.82) is 0 Å². The van der Waals surface area contributed by atoms with E-state index in [1.165, 1.54) is 0 Å². The van der Waals surface area contributed by atoms with Crippen molar-refractivity contribution < 1.29 is 13.7 Å². The Kier molecular flexibility index (Phi) is 4.91. The number of rotatable bonds is 6. The second-order valence-electron chi connectivity index (χ2n) is 5.45. The molecular formula is C19H17NO3S. The molecule has 2 N–H and O–H groups in total. The molecule has 0 aliphatic heterocycles. The van der Waals surface area contributed by atoms with Crippen molar-refractivity contribution in [2.24, 2.45) is 5.73 Å². The lowest BCUT2D eigenvalue weighted by molar-refractivity contribution is -0.115. The van der Waals surface area contributed by atoms with Gasteiger partial charge in [0.25, 0.3) is 0 Å². The first kappa shape index (κ1) is 16.2. The van der Waals surface area contributed by atoms with Crippen molar-refractivity contribution in [3.05, 3.63) is 72.3 Å². The minimum atomic E-state index is -1.28. The van der Waals surface area contributed by atoms with Crippen LogP contribution in [0.1, 0.15) is 5.56 Å². The topological polar surface area (TPSA) is 69.4 Å². The number of fused-ring (bicyclic) bond motifs is 1. The van der Waals surface area contributed by atoms with Gasteiger partial charge in [-0.1, -0.05) is 42.5 Å². The average molecular weight is 339 g/mol. The normalized spacial score (nSPS) is 12.0. The molecule has 122 valence electrons. The van der Waals surface area contributed by atoms with E-state index in [0.717, 1.165) is 22.1 Å². The van der Waals surface area contributed by atoms with Crippen molar-refractivity contribution in [1.82, 2.24) is 0 Å². The van der Waals surface area contributed by atoms with Crippen molar-refractivity contribution in [2.75, 3.05) is 5.75 Å². The van der Waals surface area contributed by atoms with Crippen LogP contribution < -0.4 is 10.5 Å². The average Bonchev–Trinajstić information content (AvgIpc) is 2.56. The lowest BCUT2D eigenvalue weighted by Crippen LogP contribution is -2.20. The van der Waals surface area contributed by atoms with Crippen LogP contribution in [-0.2, 0) is 21.3 Å². The van der Waals surface area contributed by atoms with Gasteiger partial charge in [0.05, 0.1) is 0 Å². The maximum absolute atomic E-state index is 11.7. The molecule has 4 nitrogen and oxygen atoms in total. The van der Waals surface area contributed by atoms with Gasteiger partial charge in [0.2, 0.25) is 5.91 Å². The lowest BCUT2D eigenvalue weighted by Gasteiger charge is -2.08. The van der Waals surface area contributed by atoms with E-state index < -0.39 is 16.7 Å². The molecule has 3 aromatic carbocycles. The zero-order valence-corrected chi connectivity index (χ0v) is 13.8. The highest BCUT2D eigenvalue weighted by molar-refractivity contribution is 7.84. The van der Waals surface area contributed by atoms with Crippen molar-refractivity contribution >= 4 is 27.5 Å². The molecule has 0 spiro atoms. The highest BCUT2D eigenvalue weighted by atomic mass is 32.2. The molecule has 5 heteroatoms. The minimum Gasteiger partial charge on any atom is -0.457 e. The third-order valence-corrected chi connectivity index (χ3v) is 4.77. The van der Waals surface area contributed by atoms with Gasteiger partial charge in [-0.15, -0.1) is 0 Å². The summed E-state index contributed by atoms with van der Waals surface area (Å²) in [5.41, 5.74) is 5.92. The first-order valence-corrected chi connectivity index (χ1v) is 8.98. The second-order valence-corrected chi connectivity index (χ2v) is 6.91. The zero-order valence-electron chi connectivity index (χ0n) is 13.0. The first-order chi connectivity index (χ1) is 11.6. The van der Waals surface area contributed by atoms with Crippen LogP contribution in [0, 0.1) is 0 Å². The van der Waals surface area contributed by atoms with E-state index in [-0.39, 0.29) is 5.75 Å². The summed E-state index contributed by atoms with van der Waals surface area (Å²) in [7, 11) is -1.28. The number of hydrogen-bond donors (Lipinski definition) is 1. The third kappa shape index (κ3) is 4.20. The molecule has 0 unspecified atom stereocenters. The Hall–Kier alpha value is -2.66. The fourth-order valence-electron chi connectivity index (χ4n) is 2.42. The van der Waals surface area contributed by atoms with Crippen molar-refractivity contribution in [3.63, 3.8) is 0 Å². The van der Waals surface area contributed by atoms with Crippen molar-refractivity contribution in [3.8, 4) is 11.5 Å². The molecule has 24 heavy (non-hydrogen) atoms. The van der Waals surface area contributed by atoms with Gasteiger partial charge in [0.1, 0.15) is 17.3 Å². The van der Waals surface area contributed by atoms with E-state index >= 15 is 0 Å². The molecule has 1 amide bonds. The van der Waals surface area contributed by atoms with E-state index in [2.05, 4.69) is 6.07 Å². The fraction of sp³-hybridized carbons (Fsp3) is 0.105. The molecule has 0 aliphatic rings. The summed E-state index contributed by atoms with van der Waals surface area (Å²) in [6, 6.07) is 21.4. The molecule has 0 aromatic heterocycles. The van der Waals surface area contributed by atoms with Crippen LogP contribution in [0.4, 0.5) is 0 Å². The number of amides is 1. The van der Waals surface area contributed by atoms with E-state index in [1.807, 2.05) is 60.7 Å². The Balaban J connectivity index is 1.68. The van der Waals surface area contributed by atoms with Gasteiger partial charge >= 0.3 is 0 Å². The summed E-state index contributed by atoms with van der Waals surface area (Å²) >= 11 is 0. The van der Waals surface area contributed by atoms with Crippen LogP contribution in [0.5, 0.6) is 11.5 Å². The predicted molar refractivity (Wildman–Crippen MR) is 96.4 cm³/mol. The van der Waals surface area contributed by atoms with Crippen LogP contribution >= 0.6 is 0 Å². The number of primary amides is 1. The van der Waals surface area contributed by atoms with Gasteiger partial charge in [-0.2, -0.15) is 0 Å². The summed E-state index contributed by atoms with van der Waals surface area (Å²) in [5, 5.41) is 2.28. The number of carbonyl (C=O) groups excluding carboxylic acids is 1. The number of benzene rings is 3. The molecule has 3 rings (SSSR count).